The number of halogens is 1. The van der Waals surface area contributed by atoms with Crippen molar-refractivity contribution in [1.29, 1.82) is 0 Å². The zero-order valence-corrected chi connectivity index (χ0v) is 10.6. The SMILES string of the molecule is CS(=O)(=O)NCCOc1ccccc1Br. The van der Waals surface area contributed by atoms with E-state index in [-0.39, 0.29) is 6.54 Å². The van der Waals surface area contributed by atoms with Crippen LogP contribution in [-0.2, 0) is 10.0 Å². The zero-order chi connectivity index (χ0) is 11.3. The summed E-state index contributed by atoms with van der Waals surface area (Å²) in [4.78, 5) is 0. The van der Waals surface area contributed by atoms with Gasteiger partial charge in [0, 0.05) is 6.54 Å². The van der Waals surface area contributed by atoms with Gasteiger partial charge in [0.1, 0.15) is 12.4 Å². The smallest absolute Gasteiger partial charge is 0.208 e. The van der Waals surface area contributed by atoms with Crippen LogP contribution in [-0.4, -0.2) is 27.8 Å². The molecule has 0 aromatic heterocycles. The van der Waals surface area contributed by atoms with E-state index in [1.54, 1.807) is 0 Å². The van der Waals surface area contributed by atoms with E-state index in [1.807, 2.05) is 24.3 Å². The van der Waals surface area contributed by atoms with Gasteiger partial charge >= 0.3 is 0 Å². The normalized spacial score (nSPS) is 11.3. The molecule has 0 radical (unpaired) electrons. The third-order valence-electron chi connectivity index (χ3n) is 1.56. The van der Waals surface area contributed by atoms with E-state index in [2.05, 4.69) is 20.7 Å². The second-order valence-corrected chi connectivity index (χ2v) is 5.63. The molecular weight excluding hydrogens is 282 g/mol. The molecule has 1 rings (SSSR count). The van der Waals surface area contributed by atoms with Crippen LogP contribution in [0.5, 0.6) is 5.75 Å². The van der Waals surface area contributed by atoms with Crippen molar-refractivity contribution in [3.05, 3.63) is 28.7 Å². The third-order valence-corrected chi connectivity index (χ3v) is 2.94. The van der Waals surface area contributed by atoms with E-state index in [4.69, 9.17) is 4.74 Å². The van der Waals surface area contributed by atoms with E-state index in [0.717, 1.165) is 10.7 Å². The van der Waals surface area contributed by atoms with Gasteiger partial charge in [-0.1, -0.05) is 12.1 Å². The molecule has 0 aliphatic rings. The van der Waals surface area contributed by atoms with Crippen LogP contribution < -0.4 is 9.46 Å². The van der Waals surface area contributed by atoms with Gasteiger partial charge in [-0.05, 0) is 28.1 Å². The van der Waals surface area contributed by atoms with Crippen molar-refractivity contribution in [2.45, 2.75) is 0 Å². The summed E-state index contributed by atoms with van der Waals surface area (Å²) < 4.78 is 30.0. The minimum Gasteiger partial charge on any atom is -0.491 e. The van der Waals surface area contributed by atoms with Gasteiger partial charge in [-0.15, -0.1) is 0 Å². The minimum atomic E-state index is -3.13. The number of sulfonamides is 1. The average molecular weight is 294 g/mol. The highest BCUT2D eigenvalue weighted by molar-refractivity contribution is 9.10. The highest BCUT2D eigenvalue weighted by atomic mass is 79.9. The highest BCUT2D eigenvalue weighted by Crippen LogP contribution is 2.23. The van der Waals surface area contributed by atoms with E-state index in [0.29, 0.717) is 12.4 Å². The van der Waals surface area contributed by atoms with Crippen LogP contribution in [0.2, 0.25) is 0 Å². The molecule has 0 bridgehead atoms. The lowest BCUT2D eigenvalue weighted by molar-refractivity contribution is 0.321. The Labute approximate surface area is 97.8 Å². The molecule has 0 atom stereocenters. The third kappa shape index (κ3) is 5.15. The van der Waals surface area contributed by atoms with Crippen molar-refractivity contribution in [3.63, 3.8) is 0 Å². The van der Waals surface area contributed by atoms with Crippen LogP contribution in [0, 0.1) is 0 Å². The van der Waals surface area contributed by atoms with E-state index in [9.17, 15) is 8.42 Å². The molecule has 1 aromatic carbocycles. The van der Waals surface area contributed by atoms with Crippen LogP contribution in [0.1, 0.15) is 0 Å². The summed E-state index contributed by atoms with van der Waals surface area (Å²) in [6.07, 6.45) is 1.12. The Morgan fingerprint density at radius 3 is 2.67 bits per heavy atom. The van der Waals surface area contributed by atoms with Crippen LogP contribution in [0.15, 0.2) is 28.7 Å². The predicted octanol–water partition coefficient (Wildman–Crippen LogP) is 1.38. The summed E-state index contributed by atoms with van der Waals surface area (Å²) in [6.45, 7) is 0.565. The maximum Gasteiger partial charge on any atom is 0.208 e. The Kier molecular flexibility index (Phi) is 4.56. The molecule has 1 N–H and O–H groups in total. The molecule has 0 amide bonds. The number of ether oxygens (including phenoxy) is 1. The predicted molar refractivity (Wildman–Crippen MR) is 62.5 cm³/mol. The second kappa shape index (κ2) is 5.48. The standard InChI is InChI=1S/C9H12BrNO3S/c1-15(12,13)11-6-7-14-9-5-3-2-4-8(9)10/h2-5,11H,6-7H2,1H3. The zero-order valence-electron chi connectivity index (χ0n) is 8.23. The second-order valence-electron chi connectivity index (χ2n) is 2.95. The first-order chi connectivity index (χ1) is 6.99. The molecule has 0 aliphatic carbocycles. The first kappa shape index (κ1) is 12.5. The number of hydrogen-bond donors (Lipinski definition) is 1. The lowest BCUT2D eigenvalue weighted by Crippen LogP contribution is -2.26. The molecule has 0 spiro atoms. The van der Waals surface area contributed by atoms with Crippen molar-refractivity contribution >= 4 is 26.0 Å². The van der Waals surface area contributed by atoms with Crippen LogP contribution in [0.4, 0.5) is 0 Å². The Morgan fingerprint density at radius 2 is 2.07 bits per heavy atom. The fraction of sp³-hybridized carbons (Fsp3) is 0.333. The Balaban J connectivity index is 2.36. The maximum atomic E-state index is 10.7. The Hall–Kier alpha value is -0.590. The van der Waals surface area contributed by atoms with Gasteiger partial charge in [-0.25, -0.2) is 13.1 Å². The number of benzene rings is 1. The van der Waals surface area contributed by atoms with Crippen molar-refractivity contribution in [3.8, 4) is 5.75 Å². The van der Waals surface area contributed by atoms with Gasteiger partial charge in [0.2, 0.25) is 10.0 Å². The molecule has 15 heavy (non-hydrogen) atoms. The average Bonchev–Trinajstić information content (AvgIpc) is 2.13. The molecule has 1 aromatic rings. The Bertz CT molecular complexity index is 419. The van der Waals surface area contributed by atoms with Crippen molar-refractivity contribution in [2.75, 3.05) is 19.4 Å². The fourth-order valence-corrected chi connectivity index (χ4v) is 1.80. The van der Waals surface area contributed by atoms with Gasteiger partial charge in [0.05, 0.1) is 10.7 Å². The molecule has 84 valence electrons. The molecule has 0 aliphatic heterocycles. The molecule has 0 saturated carbocycles. The van der Waals surface area contributed by atoms with Gasteiger partial charge in [0.15, 0.2) is 0 Å². The van der Waals surface area contributed by atoms with Crippen LogP contribution in [0.25, 0.3) is 0 Å². The van der Waals surface area contributed by atoms with Gasteiger partial charge in [-0.2, -0.15) is 0 Å². The maximum absolute atomic E-state index is 10.7. The van der Waals surface area contributed by atoms with Gasteiger partial charge in [0.25, 0.3) is 0 Å². The summed E-state index contributed by atoms with van der Waals surface area (Å²) >= 11 is 3.32. The summed E-state index contributed by atoms with van der Waals surface area (Å²) in [7, 11) is -3.13. The first-order valence-electron chi connectivity index (χ1n) is 4.31. The molecule has 0 saturated heterocycles. The van der Waals surface area contributed by atoms with E-state index < -0.39 is 10.0 Å². The van der Waals surface area contributed by atoms with Gasteiger partial charge in [-0.3, -0.25) is 0 Å². The molecule has 0 unspecified atom stereocenters. The van der Waals surface area contributed by atoms with Crippen LogP contribution in [0.3, 0.4) is 0 Å². The lowest BCUT2D eigenvalue weighted by atomic mass is 10.3. The van der Waals surface area contributed by atoms with Crippen molar-refractivity contribution < 1.29 is 13.2 Å². The fourth-order valence-electron chi connectivity index (χ4n) is 0.950. The van der Waals surface area contributed by atoms with E-state index >= 15 is 0 Å². The number of hydrogen-bond acceptors (Lipinski definition) is 3. The number of para-hydroxylation sites is 1. The quantitative estimate of drug-likeness (QED) is 0.835. The summed E-state index contributed by atoms with van der Waals surface area (Å²) in [5.41, 5.74) is 0. The Morgan fingerprint density at radius 1 is 1.40 bits per heavy atom. The van der Waals surface area contributed by atoms with Crippen LogP contribution >= 0.6 is 15.9 Å². The first-order valence-corrected chi connectivity index (χ1v) is 6.99. The highest BCUT2D eigenvalue weighted by Gasteiger charge is 2.01. The molecule has 6 heteroatoms. The topological polar surface area (TPSA) is 55.4 Å². The number of rotatable bonds is 5. The van der Waals surface area contributed by atoms with Crippen molar-refractivity contribution in [1.82, 2.24) is 4.72 Å². The van der Waals surface area contributed by atoms with Gasteiger partial charge < -0.3 is 4.74 Å². The molecule has 0 heterocycles. The molecule has 4 nitrogen and oxygen atoms in total. The molecule has 0 fully saturated rings. The lowest BCUT2D eigenvalue weighted by Gasteiger charge is -2.07. The molecular formula is C9H12BrNO3S. The minimum absolute atomic E-state index is 0.264. The summed E-state index contributed by atoms with van der Waals surface area (Å²) in [5, 5.41) is 0. The monoisotopic (exact) mass is 293 g/mol. The van der Waals surface area contributed by atoms with Crippen molar-refractivity contribution in [2.24, 2.45) is 0 Å². The largest absolute Gasteiger partial charge is 0.491 e. The summed E-state index contributed by atoms with van der Waals surface area (Å²) in [5.74, 6) is 0.702. The summed E-state index contributed by atoms with van der Waals surface area (Å²) in [6, 6.07) is 7.40. The van der Waals surface area contributed by atoms with E-state index in [1.165, 1.54) is 0 Å². The number of nitrogens with one attached hydrogen (secondary N) is 1.